The van der Waals surface area contributed by atoms with Crippen molar-refractivity contribution in [3.05, 3.63) is 81.8 Å². The smallest absolute Gasteiger partial charge is 0.295 e. The van der Waals surface area contributed by atoms with E-state index >= 15 is 0 Å². The number of rotatable bonds is 9. The van der Waals surface area contributed by atoms with Gasteiger partial charge in [0.2, 0.25) is 5.91 Å². The van der Waals surface area contributed by atoms with Crippen molar-refractivity contribution in [3.8, 4) is 5.69 Å². The van der Waals surface area contributed by atoms with Gasteiger partial charge in [-0.1, -0.05) is 70.2 Å². The molecule has 0 aliphatic heterocycles. The van der Waals surface area contributed by atoms with Crippen LogP contribution in [0.3, 0.4) is 0 Å². The van der Waals surface area contributed by atoms with Crippen LogP contribution in [0.1, 0.15) is 57.5 Å². The zero-order valence-corrected chi connectivity index (χ0v) is 21.4. The van der Waals surface area contributed by atoms with Gasteiger partial charge in [0.05, 0.1) is 17.4 Å². The first-order valence-electron chi connectivity index (χ1n) is 12.1. The molecule has 0 bridgehead atoms. The van der Waals surface area contributed by atoms with Crippen LogP contribution in [0.5, 0.6) is 0 Å². The second-order valence-corrected chi connectivity index (χ2v) is 9.88. The fourth-order valence-electron chi connectivity index (χ4n) is 4.29. The first-order valence-corrected chi connectivity index (χ1v) is 12.1. The topological polar surface area (TPSA) is 68.1 Å². The fraction of sp³-hybridized carbons (Fsp3) is 0.429. The average Bonchev–Trinajstić information content (AvgIpc) is 3.01. The second-order valence-electron chi connectivity index (χ2n) is 9.88. The molecular weight excluding hydrogens is 424 g/mol. The number of anilines is 1. The standard InChI is InChI=1S/C28H38N4O2/c1-18(2)17-22-13-15-23(16-14-22)25(19(3)4)29-20(5)27(33)30-26-21(6)31(7)32(28(26)34)24-11-9-8-10-12-24/h8-16,18-20,25,29H,17H2,1-7H3,(H,30,33). The summed E-state index contributed by atoms with van der Waals surface area (Å²) in [6.45, 7) is 12.4. The molecule has 1 amide bonds. The fourth-order valence-corrected chi connectivity index (χ4v) is 4.29. The van der Waals surface area contributed by atoms with E-state index in [-0.39, 0.29) is 17.5 Å². The average molecular weight is 463 g/mol. The van der Waals surface area contributed by atoms with Gasteiger partial charge in [0.25, 0.3) is 5.56 Å². The van der Waals surface area contributed by atoms with Crippen LogP contribution in [0.15, 0.2) is 59.4 Å². The monoisotopic (exact) mass is 462 g/mol. The van der Waals surface area contributed by atoms with E-state index in [0.29, 0.717) is 23.2 Å². The summed E-state index contributed by atoms with van der Waals surface area (Å²) in [5.41, 5.74) is 4.00. The molecule has 34 heavy (non-hydrogen) atoms. The summed E-state index contributed by atoms with van der Waals surface area (Å²) >= 11 is 0. The Labute approximate surface area is 203 Å². The van der Waals surface area contributed by atoms with Crippen LogP contribution in [0.2, 0.25) is 0 Å². The van der Waals surface area contributed by atoms with Gasteiger partial charge in [-0.25, -0.2) is 4.68 Å². The molecule has 1 heterocycles. The van der Waals surface area contributed by atoms with Crippen LogP contribution in [-0.4, -0.2) is 21.3 Å². The molecule has 0 radical (unpaired) electrons. The van der Waals surface area contributed by atoms with Crippen molar-refractivity contribution in [2.75, 3.05) is 5.32 Å². The van der Waals surface area contributed by atoms with Crippen molar-refractivity contribution in [2.45, 2.75) is 60.0 Å². The second kappa shape index (κ2) is 10.9. The Bertz CT molecular complexity index is 1160. The van der Waals surface area contributed by atoms with Gasteiger partial charge in [-0.2, -0.15) is 0 Å². The van der Waals surface area contributed by atoms with Crippen molar-refractivity contribution in [1.82, 2.24) is 14.7 Å². The first-order chi connectivity index (χ1) is 16.1. The summed E-state index contributed by atoms with van der Waals surface area (Å²) in [6.07, 6.45) is 1.05. The molecule has 2 aromatic carbocycles. The summed E-state index contributed by atoms with van der Waals surface area (Å²) in [5.74, 6) is 0.676. The predicted octanol–water partition coefficient (Wildman–Crippen LogP) is 5.00. The molecule has 0 saturated carbocycles. The third-order valence-electron chi connectivity index (χ3n) is 6.27. The van der Waals surface area contributed by atoms with E-state index < -0.39 is 6.04 Å². The summed E-state index contributed by atoms with van der Waals surface area (Å²) in [5, 5.41) is 6.36. The number of para-hydroxylation sites is 1. The lowest BCUT2D eigenvalue weighted by atomic mass is 9.93. The number of benzene rings is 2. The van der Waals surface area contributed by atoms with Gasteiger partial charge in [0, 0.05) is 13.1 Å². The molecule has 2 atom stereocenters. The molecule has 3 aromatic rings. The van der Waals surface area contributed by atoms with E-state index in [4.69, 9.17) is 0 Å². The molecule has 3 rings (SSSR count). The third kappa shape index (κ3) is 5.68. The third-order valence-corrected chi connectivity index (χ3v) is 6.27. The molecule has 6 heteroatoms. The SMILES string of the molecule is Cc1c(NC(=O)C(C)NC(c2ccc(CC(C)C)cc2)C(C)C)c(=O)n(-c2ccccc2)n1C. The van der Waals surface area contributed by atoms with Gasteiger partial charge < -0.3 is 5.32 Å². The highest BCUT2D eigenvalue weighted by atomic mass is 16.2. The van der Waals surface area contributed by atoms with Gasteiger partial charge in [-0.05, 0) is 55.4 Å². The molecule has 6 nitrogen and oxygen atoms in total. The number of carbonyl (C=O) groups is 1. The molecule has 0 spiro atoms. The molecule has 2 N–H and O–H groups in total. The van der Waals surface area contributed by atoms with Crippen molar-refractivity contribution in [3.63, 3.8) is 0 Å². The van der Waals surface area contributed by atoms with E-state index in [9.17, 15) is 9.59 Å². The van der Waals surface area contributed by atoms with Crippen molar-refractivity contribution < 1.29 is 4.79 Å². The molecule has 0 aliphatic carbocycles. The predicted molar refractivity (Wildman–Crippen MR) is 140 cm³/mol. The lowest BCUT2D eigenvalue weighted by Gasteiger charge is -2.26. The van der Waals surface area contributed by atoms with Crippen LogP contribution < -0.4 is 16.2 Å². The van der Waals surface area contributed by atoms with Crippen LogP contribution >= 0.6 is 0 Å². The minimum absolute atomic E-state index is 0.0201. The van der Waals surface area contributed by atoms with E-state index in [1.165, 1.54) is 5.56 Å². The molecule has 182 valence electrons. The van der Waals surface area contributed by atoms with Crippen LogP contribution in [-0.2, 0) is 18.3 Å². The Morgan fingerprint density at radius 1 is 0.941 bits per heavy atom. The quantitative estimate of drug-likeness (QED) is 0.470. The van der Waals surface area contributed by atoms with E-state index in [0.717, 1.165) is 17.7 Å². The lowest BCUT2D eigenvalue weighted by Crippen LogP contribution is -2.42. The number of nitrogens with zero attached hydrogens (tertiary/aromatic N) is 2. The highest BCUT2D eigenvalue weighted by Crippen LogP contribution is 2.24. The highest BCUT2D eigenvalue weighted by Gasteiger charge is 2.24. The summed E-state index contributed by atoms with van der Waals surface area (Å²) < 4.78 is 3.33. The zero-order chi connectivity index (χ0) is 25.0. The Balaban J connectivity index is 1.77. The molecule has 2 unspecified atom stereocenters. The Hall–Kier alpha value is -3.12. The number of aromatic nitrogens is 2. The van der Waals surface area contributed by atoms with Crippen molar-refractivity contribution >= 4 is 11.6 Å². The number of amides is 1. The maximum atomic E-state index is 13.1. The van der Waals surface area contributed by atoms with E-state index in [1.54, 1.807) is 9.36 Å². The largest absolute Gasteiger partial charge is 0.319 e. The summed E-state index contributed by atoms with van der Waals surface area (Å²) in [6, 6.07) is 17.6. The van der Waals surface area contributed by atoms with Gasteiger partial charge in [0.15, 0.2) is 0 Å². The molecule has 0 aliphatic rings. The maximum absolute atomic E-state index is 13.1. The minimum atomic E-state index is -0.480. The first kappa shape index (κ1) is 25.5. The van der Waals surface area contributed by atoms with E-state index in [1.807, 2.05) is 51.2 Å². The van der Waals surface area contributed by atoms with Crippen molar-refractivity contribution in [2.24, 2.45) is 18.9 Å². The number of nitrogens with one attached hydrogen (secondary N) is 2. The van der Waals surface area contributed by atoms with Gasteiger partial charge in [-0.3, -0.25) is 19.6 Å². The van der Waals surface area contributed by atoms with Crippen LogP contribution in [0.25, 0.3) is 5.69 Å². The minimum Gasteiger partial charge on any atom is -0.319 e. The summed E-state index contributed by atoms with van der Waals surface area (Å²) in [4.78, 5) is 26.2. The van der Waals surface area contributed by atoms with E-state index in [2.05, 4.69) is 62.6 Å². The summed E-state index contributed by atoms with van der Waals surface area (Å²) in [7, 11) is 1.82. The van der Waals surface area contributed by atoms with Crippen LogP contribution in [0.4, 0.5) is 5.69 Å². The zero-order valence-electron chi connectivity index (χ0n) is 21.4. The molecular formula is C28H38N4O2. The van der Waals surface area contributed by atoms with Crippen LogP contribution in [0, 0.1) is 18.8 Å². The normalized spacial score (nSPS) is 13.3. The van der Waals surface area contributed by atoms with Gasteiger partial charge >= 0.3 is 0 Å². The lowest BCUT2D eigenvalue weighted by molar-refractivity contribution is -0.118. The van der Waals surface area contributed by atoms with Gasteiger partial charge in [0.1, 0.15) is 5.69 Å². The Morgan fingerprint density at radius 2 is 1.56 bits per heavy atom. The Kier molecular flexibility index (Phi) is 8.15. The van der Waals surface area contributed by atoms with Crippen molar-refractivity contribution in [1.29, 1.82) is 0 Å². The van der Waals surface area contributed by atoms with Gasteiger partial charge in [-0.15, -0.1) is 0 Å². The Morgan fingerprint density at radius 3 is 2.12 bits per heavy atom. The molecule has 1 aromatic heterocycles. The highest BCUT2D eigenvalue weighted by molar-refractivity contribution is 5.95. The number of hydrogen-bond acceptors (Lipinski definition) is 3. The molecule has 0 fully saturated rings. The molecule has 0 saturated heterocycles. The number of hydrogen-bond donors (Lipinski definition) is 2. The number of carbonyl (C=O) groups excluding carboxylic acids is 1. The maximum Gasteiger partial charge on any atom is 0.295 e.